The van der Waals surface area contributed by atoms with Crippen molar-refractivity contribution in [3.63, 3.8) is 0 Å². The predicted molar refractivity (Wildman–Crippen MR) is 75.9 cm³/mol. The van der Waals surface area contributed by atoms with Crippen molar-refractivity contribution in [3.8, 4) is 0 Å². The maximum atomic E-state index is 13.4. The number of halogens is 1. The third-order valence-electron chi connectivity index (χ3n) is 3.14. The van der Waals surface area contributed by atoms with Crippen LogP contribution in [0.4, 0.5) is 4.39 Å². The zero-order chi connectivity index (χ0) is 13.8. The first-order valence-corrected chi connectivity index (χ1v) is 7.19. The van der Waals surface area contributed by atoms with Crippen LogP contribution in [-0.4, -0.2) is 16.6 Å². The van der Waals surface area contributed by atoms with Crippen LogP contribution < -0.4 is 5.32 Å². The minimum absolute atomic E-state index is 0.0286. The van der Waals surface area contributed by atoms with E-state index in [9.17, 15) is 4.39 Å². The molecule has 0 amide bonds. The number of hydrogen-bond acceptors (Lipinski definition) is 4. The molecular weight excluding hydrogens is 261 g/mol. The van der Waals surface area contributed by atoms with E-state index in [1.165, 1.54) is 17.6 Å². The van der Waals surface area contributed by atoms with Crippen molar-refractivity contribution in [1.29, 1.82) is 0 Å². The van der Waals surface area contributed by atoms with Gasteiger partial charge in [0.15, 0.2) is 0 Å². The largest absolute Gasteiger partial charge is 0.309 e. The molecule has 1 aromatic heterocycles. The van der Waals surface area contributed by atoms with E-state index in [0.717, 1.165) is 29.0 Å². The Morgan fingerprint density at radius 1 is 1.42 bits per heavy atom. The van der Waals surface area contributed by atoms with Crippen molar-refractivity contribution in [2.24, 2.45) is 0 Å². The third-order valence-corrected chi connectivity index (χ3v) is 3.97. The van der Waals surface area contributed by atoms with Gasteiger partial charge in [0.25, 0.3) is 0 Å². The Bertz CT molecular complexity index is 553. The number of nitrogens with zero attached hydrogens (tertiary/aromatic N) is 2. The molecule has 1 atom stereocenters. The number of aromatic nitrogens is 2. The van der Waals surface area contributed by atoms with Gasteiger partial charge in [-0.2, -0.15) is 0 Å². The average molecular weight is 279 g/mol. The lowest BCUT2D eigenvalue weighted by molar-refractivity contribution is 0.614. The van der Waals surface area contributed by atoms with Gasteiger partial charge in [-0.1, -0.05) is 30.0 Å². The fraction of sp³-hybridized carbons (Fsp3) is 0.429. The first-order valence-electron chi connectivity index (χ1n) is 6.41. The molecule has 19 heavy (non-hydrogen) atoms. The Morgan fingerprint density at radius 2 is 2.21 bits per heavy atom. The van der Waals surface area contributed by atoms with Gasteiger partial charge in [0, 0.05) is 0 Å². The van der Waals surface area contributed by atoms with Crippen molar-refractivity contribution in [2.45, 2.75) is 32.7 Å². The lowest BCUT2D eigenvalue weighted by atomic mass is 10.0. The summed E-state index contributed by atoms with van der Waals surface area (Å²) >= 11 is 1.41. The SMILES string of the molecule is CCCc1nnsc1C(NC)c1ccc(F)c(C)c1. The molecule has 0 bridgehead atoms. The zero-order valence-corrected chi connectivity index (χ0v) is 12.2. The molecule has 0 saturated carbocycles. The smallest absolute Gasteiger partial charge is 0.126 e. The standard InChI is InChI=1S/C14H18FN3S/c1-4-5-12-14(19-18-17-12)13(16-3)10-6-7-11(15)9(2)8-10/h6-8,13,16H,4-5H2,1-3H3. The molecule has 2 aromatic rings. The van der Waals surface area contributed by atoms with Crippen molar-refractivity contribution in [2.75, 3.05) is 7.05 Å². The van der Waals surface area contributed by atoms with E-state index in [1.807, 2.05) is 19.2 Å². The van der Waals surface area contributed by atoms with Gasteiger partial charge in [-0.15, -0.1) is 5.10 Å². The highest BCUT2D eigenvalue weighted by Crippen LogP contribution is 2.28. The Balaban J connectivity index is 2.38. The molecule has 0 aliphatic rings. The van der Waals surface area contributed by atoms with Crippen molar-refractivity contribution >= 4 is 11.5 Å². The molecule has 5 heteroatoms. The van der Waals surface area contributed by atoms with Crippen LogP contribution >= 0.6 is 11.5 Å². The molecule has 2 rings (SSSR count). The van der Waals surface area contributed by atoms with E-state index < -0.39 is 0 Å². The van der Waals surface area contributed by atoms with E-state index in [0.29, 0.717) is 5.56 Å². The van der Waals surface area contributed by atoms with Gasteiger partial charge in [0.2, 0.25) is 0 Å². The summed E-state index contributed by atoms with van der Waals surface area (Å²) in [4.78, 5) is 1.12. The minimum Gasteiger partial charge on any atom is -0.309 e. The van der Waals surface area contributed by atoms with Crippen molar-refractivity contribution in [1.82, 2.24) is 14.9 Å². The lowest BCUT2D eigenvalue weighted by Crippen LogP contribution is -2.18. The van der Waals surface area contributed by atoms with Crippen LogP contribution in [0.5, 0.6) is 0 Å². The number of aryl methyl sites for hydroxylation is 2. The normalized spacial score (nSPS) is 12.6. The fourth-order valence-electron chi connectivity index (χ4n) is 2.14. The molecule has 0 aliphatic carbocycles. The highest BCUT2D eigenvalue weighted by atomic mass is 32.1. The highest BCUT2D eigenvalue weighted by molar-refractivity contribution is 7.05. The van der Waals surface area contributed by atoms with Gasteiger partial charge in [-0.3, -0.25) is 0 Å². The molecular formula is C14H18FN3S. The van der Waals surface area contributed by atoms with Crippen LogP contribution in [0.1, 0.15) is 41.1 Å². The summed E-state index contributed by atoms with van der Waals surface area (Å²) in [5, 5.41) is 7.47. The summed E-state index contributed by atoms with van der Waals surface area (Å²) in [6, 6.07) is 5.24. The fourth-order valence-corrected chi connectivity index (χ4v) is 2.98. The molecule has 0 spiro atoms. The summed E-state index contributed by atoms with van der Waals surface area (Å²) in [6.07, 6.45) is 1.96. The molecule has 1 unspecified atom stereocenters. The number of rotatable bonds is 5. The first kappa shape index (κ1) is 14.1. The van der Waals surface area contributed by atoms with E-state index in [1.54, 1.807) is 6.92 Å². The van der Waals surface area contributed by atoms with Crippen molar-refractivity contribution in [3.05, 3.63) is 45.7 Å². The molecule has 3 nitrogen and oxygen atoms in total. The predicted octanol–water partition coefficient (Wildman–Crippen LogP) is 3.25. The van der Waals surface area contributed by atoms with Gasteiger partial charge in [-0.05, 0) is 49.1 Å². The summed E-state index contributed by atoms with van der Waals surface area (Å²) in [7, 11) is 1.90. The van der Waals surface area contributed by atoms with Gasteiger partial charge < -0.3 is 5.32 Å². The Labute approximate surface area is 117 Å². The Kier molecular flexibility index (Phi) is 4.61. The maximum absolute atomic E-state index is 13.4. The number of hydrogen-bond donors (Lipinski definition) is 1. The lowest BCUT2D eigenvalue weighted by Gasteiger charge is -2.16. The van der Waals surface area contributed by atoms with Gasteiger partial charge in [0.1, 0.15) is 5.82 Å². The quantitative estimate of drug-likeness (QED) is 0.913. The molecule has 0 radical (unpaired) electrons. The average Bonchev–Trinajstić information content (AvgIpc) is 2.83. The summed E-state index contributed by atoms with van der Waals surface area (Å²) in [5.74, 6) is -0.171. The molecule has 0 fully saturated rings. The van der Waals surface area contributed by atoms with Crippen LogP contribution in [-0.2, 0) is 6.42 Å². The molecule has 1 N–H and O–H groups in total. The van der Waals surface area contributed by atoms with Crippen molar-refractivity contribution < 1.29 is 4.39 Å². The molecule has 1 aromatic carbocycles. The zero-order valence-electron chi connectivity index (χ0n) is 11.4. The minimum atomic E-state index is -0.171. The van der Waals surface area contributed by atoms with Crippen LogP contribution in [0.25, 0.3) is 0 Å². The summed E-state index contributed by atoms with van der Waals surface area (Å²) in [5.41, 5.74) is 2.74. The third kappa shape index (κ3) is 2.98. The number of benzene rings is 1. The molecule has 0 aliphatic heterocycles. The van der Waals surface area contributed by atoms with Gasteiger partial charge in [-0.25, -0.2) is 4.39 Å². The van der Waals surface area contributed by atoms with Gasteiger partial charge in [0.05, 0.1) is 16.6 Å². The molecule has 102 valence electrons. The first-order chi connectivity index (χ1) is 9.17. The topological polar surface area (TPSA) is 37.8 Å². The highest BCUT2D eigenvalue weighted by Gasteiger charge is 2.19. The van der Waals surface area contributed by atoms with E-state index in [2.05, 4.69) is 21.8 Å². The van der Waals surface area contributed by atoms with Gasteiger partial charge >= 0.3 is 0 Å². The Hall–Kier alpha value is -1.33. The second-order valence-corrected chi connectivity index (χ2v) is 5.35. The molecule has 1 heterocycles. The van der Waals surface area contributed by atoms with E-state index in [4.69, 9.17) is 0 Å². The molecule has 0 saturated heterocycles. The van der Waals surface area contributed by atoms with Crippen LogP contribution in [0.3, 0.4) is 0 Å². The van der Waals surface area contributed by atoms with Crippen LogP contribution in [0.15, 0.2) is 18.2 Å². The second kappa shape index (κ2) is 6.21. The monoisotopic (exact) mass is 279 g/mol. The summed E-state index contributed by atoms with van der Waals surface area (Å²) in [6.45, 7) is 3.91. The summed E-state index contributed by atoms with van der Waals surface area (Å²) < 4.78 is 17.4. The van der Waals surface area contributed by atoms with E-state index >= 15 is 0 Å². The Morgan fingerprint density at radius 3 is 2.84 bits per heavy atom. The van der Waals surface area contributed by atoms with Crippen LogP contribution in [0.2, 0.25) is 0 Å². The van der Waals surface area contributed by atoms with Crippen LogP contribution in [0, 0.1) is 12.7 Å². The number of nitrogens with one attached hydrogen (secondary N) is 1. The maximum Gasteiger partial charge on any atom is 0.126 e. The van der Waals surface area contributed by atoms with E-state index in [-0.39, 0.29) is 11.9 Å². The second-order valence-electron chi connectivity index (χ2n) is 4.56.